The molecule has 1 atom stereocenters. The van der Waals surface area contributed by atoms with Gasteiger partial charge in [0.2, 0.25) is 0 Å². The maximum Gasteiger partial charge on any atom is 0.137 e. The molecule has 1 aromatic carbocycles. The Labute approximate surface area is 149 Å². The van der Waals surface area contributed by atoms with Crippen LogP contribution in [0, 0.1) is 0 Å². The predicted octanol–water partition coefficient (Wildman–Crippen LogP) is 4.35. The van der Waals surface area contributed by atoms with Crippen LogP contribution in [0.25, 0.3) is 16.9 Å². The first-order chi connectivity index (χ1) is 12.3. The van der Waals surface area contributed by atoms with Gasteiger partial charge in [0.25, 0.3) is 0 Å². The predicted molar refractivity (Wildman–Crippen MR) is 103 cm³/mol. The van der Waals surface area contributed by atoms with Gasteiger partial charge in [-0.2, -0.15) is 0 Å². The van der Waals surface area contributed by atoms with Crippen LogP contribution in [0.4, 0.5) is 5.69 Å². The van der Waals surface area contributed by atoms with Crippen LogP contribution in [0.1, 0.15) is 38.3 Å². The minimum Gasteiger partial charge on any atom is -0.399 e. The van der Waals surface area contributed by atoms with Crippen LogP contribution in [0.5, 0.6) is 0 Å². The van der Waals surface area contributed by atoms with Crippen LogP contribution in [0.3, 0.4) is 0 Å². The SMILES string of the molecule is CCC1CCCCN1Cc1c(-c2cccc(N)c2)nc2ccccn12. The monoisotopic (exact) mass is 334 g/mol. The number of pyridine rings is 1. The molecule has 1 unspecified atom stereocenters. The number of aromatic nitrogens is 2. The quantitative estimate of drug-likeness (QED) is 0.722. The van der Waals surface area contributed by atoms with Crippen molar-refractivity contribution in [1.29, 1.82) is 0 Å². The number of imidazole rings is 1. The van der Waals surface area contributed by atoms with Crippen molar-refractivity contribution in [2.75, 3.05) is 12.3 Å². The molecule has 4 nitrogen and oxygen atoms in total. The van der Waals surface area contributed by atoms with Gasteiger partial charge in [0.15, 0.2) is 0 Å². The van der Waals surface area contributed by atoms with Crippen LogP contribution in [0.2, 0.25) is 0 Å². The molecular formula is C21H26N4. The summed E-state index contributed by atoms with van der Waals surface area (Å²) in [6.07, 6.45) is 7.29. The molecule has 0 radical (unpaired) electrons. The summed E-state index contributed by atoms with van der Waals surface area (Å²) in [5.74, 6) is 0. The normalized spacial score (nSPS) is 18.7. The smallest absolute Gasteiger partial charge is 0.137 e. The van der Waals surface area contributed by atoms with Gasteiger partial charge in [-0.3, -0.25) is 4.90 Å². The molecule has 1 aliphatic rings. The highest BCUT2D eigenvalue weighted by molar-refractivity contribution is 5.69. The summed E-state index contributed by atoms with van der Waals surface area (Å²) < 4.78 is 2.24. The number of hydrogen-bond acceptors (Lipinski definition) is 3. The maximum absolute atomic E-state index is 6.02. The van der Waals surface area contributed by atoms with Crippen molar-refractivity contribution < 1.29 is 0 Å². The largest absolute Gasteiger partial charge is 0.399 e. The second-order valence-corrected chi connectivity index (χ2v) is 6.99. The van der Waals surface area contributed by atoms with Crippen molar-refractivity contribution in [1.82, 2.24) is 14.3 Å². The third kappa shape index (κ3) is 3.14. The van der Waals surface area contributed by atoms with Crippen molar-refractivity contribution in [2.24, 2.45) is 0 Å². The van der Waals surface area contributed by atoms with Gasteiger partial charge in [-0.25, -0.2) is 4.98 Å². The third-order valence-corrected chi connectivity index (χ3v) is 5.36. The van der Waals surface area contributed by atoms with Gasteiger partial charge in [0.1, 0.15) is 5.65 Å². The molecule has 3 aromatic rings. The summed E-state index contributed by atoms with van der Waals surface area (Å²) >= 11 is 0. The lowest BCUT2D eigenvalue weighted by atomic mass is 9.99. The molecule has 4 heteroatoms. The minimum atomic E-state index is 0.678. The van der Waals surface area contributed by atoms with E-state index in [1.54, 1.807) is 0 Å². The standard InChI is InChI=1S/C21H26N4/c1-2-18-10-3-5-12-24(18)15-19-21(16-8-7-9-17(22)14-16)23-20-11-4-6-13-25(19)20/h4,6-9,11,13-14,18H,2-3,5,10,12,15,22H2,1H3. The van der Waals surface area contributed by atoms with Crippen LogP contribution in [-0.4, -0.2) is 26.9 Å². The highest BCUT2D eigenvalue weighted by Crippen LogP contribution is 2.29. The van der Waals surface area contributed by atoms with Gasteiger partial charge in [-0.15, -0.1) is 0 Å². The number of nitrogen functional groups attached to an aromatic ring is 1. The van der Waals surface area contributed by atoms with Crippen LogP contribution < -0.4 is 5.73 Å². The second kappa shape index (κ2) is 6.89. The Balaban J connectivity index is 1.79. The summed E-state index contributed by atoms with van der Waals surface area (Å²) in [7, 11) is 0. The molecule has 2 N–H and O–H groups in total. The number of likely N-dealkylation sites (tertiary alicyclic amines) is 1. The number of nitrogens with two attached hydrogens (primary N) is 1. The van der Waals surface area contributed by atoms with Crippen molar-refractivity contribution in [3.8, 4) is 11.3 Å². The van der Waals surface area contributed by atoms with E-state index >= 15 is 0 Å². The van der Waals surface area contributed by atoms with Gasteiger partial charge in [-0.1, -0.05) is 31.5 Å². The number of fused-ring (bicyclic) bond motifs is 1. The number of hydrogen-bond donors (Lipinski definition) is 1. The van der Waals surface area contributed by atoms with E-state index < -0.39 is 0 Å². The molecular weight excluding hydrogens is 308 g/mol. The fourth-order valence-corrected chi connectivity index (χ4v) is 4.04. The molecule has 0 amide bonds. The molecule has 0 aliphatic carbocycles. The van der Waals surface area contributed by atoms with E-state index in [-0.39, 0.29) is 0 Å². The Bertz CT molecular complexity index is 867. The maximum atomic E-state index is 6.02. The fourth-order valence-electron chi connectivity index (χ4n) is 4.04. The molecule has 130 valence electrons. The number of piperidine rings is 1. The molecule has 0 saturated carbocycles. The van der Waals surface area contributed by atoms with Crippen molar-refractivity contribution in [3.05, 3.63) is 54.4 Å². The van der Waals surface area contributed by atoms with Crippen molar-refractivity contribution in [3.63, 3.8) is 0 Å². The molecule has 0 spiro atoms. The molecule has 25 heavy (non-hydrogen) atoms. The Kier molecular flexibility index (Phi) is 4.45. The lowest BCUT2D eigenvalue weighted by Crippen LogP contribution is -2.38. The molecule has 1 fully saturated rings. The first-order valence-electron chi connectivity index (χ1n) is 9.32. The third-order valence-electron chi connectivity index (χ3n) is 5.36. The highest BCUT2D eigenvalue weighted by Gasteiger charge is 2.24. The van der Waals surface area contributed by atoms with E-state index in [9.17, 15) is 0 Å². The van der Waals surface area contributed by atoms with Gasteiger partial charge >= 0.3 is 0 Å². The van der Waals surface area contributed by atoms with E-state index in [1.807, 2.05) is 24.3 Å². The average molecular weight is 334 g/mol. The Morgan fingerprint density at radius 3 is 2.92 bits per heavy atom. The molecule has 1 saturated heterocycles. The summed E-state index contributed by atoms with van der Waals surface area (Å²) in [5.41, 5.74) is 11.2. The molecule has 3 heterocycles. The summed E-state index contributed by atoms with van der Waals surface area (Å²) in [6, 6.07) is 14.9. The molecule has 0 bridgehead atoms. The van der Waals surface area contributed by atoms with Gasteiger partial charge in [-0.05, 0) is 50.1 Å². The zero-order chi connectivity index (χ0) is 17.2. The molecule has 4 rings (SSSR count). The zero-order valence-electron chi connectivity index (χ0n) is 14.9. The number of rotatable bonds is 4. The van der Waals surface area contributed by atoms with Gasteiger partial charge in [0.05, 0.1) is 11.4 Å². The lowest BCUT2D eigenvalue weighted by Gasteiger charge is -2.35. The van der Waals surface area contributed by atoms with Crippen LogP contribution in [-0.2, 0) is 6.54 Å². The lowest BCUT2D eigenvalue weighted by molar-refractivity contribution is 0.134. The van der Waals surface area contributed by atoms with Crippen molar-refractivity contribution in [2.45, 2.75) is 45.2 Å². The average Bonchev–Trinajstić information content (AvgIpc) is 3.01. The second-order valence-electron chi connectivity index (χ2n) is 6.99. The van der Waals surface area contributed by atoms with Crippen molar-refractivity contribution >= 4 is 11.3 Å². The summed E-state index contributed by atoms with van der Waals surface area (Å²) in [5, 5.41) is 0. The first kappa shape index (κ1) is 16.2. The number of benzene rings is 1. The summed E-state index contributed by atoms with van der Waals surface area (Å²) in [6.45, 7) is 4.42. The van der Waals surface area contributed by atoms with E-state index in [0.717, 1.165) is 29.1 Å². The highest BCUT2D eigenvalue weighted by atomic mass is 15.2. The molecule has 2 aromatic heterocycles. The number of anilines is 1. The van der Waals surface area contributed by atoms with E-state index in [0.29, 0.717) is 6.04 Å². The van der Waals surface area contributed by atoms with Crippen LogP contribution >= 0.6 is 0 Å². The van der Waals surface area contributed by atoms with Gasteiger partial charge in [0, 0.05) is 30.0 Å². The minimum absolute atomic E-state index is 0.678. The van der Waals surface area contributed by atoms with E-state index in [1.165, 1.54) is 37.9 Å². The Hall–Kier alpha value is -2.33. The number of nitrogens with zero attached hydrogens (tertiary/aromatic N) is 3. The molecule has 1 aliphatic heterocycles. The first-order valence-corrected chi connectivity index (χ1v) is 9.32. The van der Waals surface area contributed by atoms with Gasteiger partial charge < -0.3 is 10.1 Å². The Morgan fingerprint density at radius 2 is 2.08 bits per heavy atom. The topological polar surface area (TPSA) is 46.6 Å². The summed E-state index contributed by atoms with van der Waals surface area (Å²) in [4.78, 5) is 7.56. The zero-order valence-corrected chi connectivity index (χ0v) is 14.9. The Morgan fingerprint density at radius 1 is 1.16 bits per heavy atom. The fraction of sp³-hybridized carbons (Fsp3) is 0.381. The van der Waals surface area contributed by atoms with E-state index in [4.69, 9.17) is 10.7 Å². The van der Waals surface area contributed by atoms with Crippen LogP contribution in [0.15, 0.2) is 48.7 Å². The van der Waals surface area contributed by atoms with E-state index in [2.05, 4.69) is 40.6 Å².